The van der Waals surface area contributed by atoms with Crippen LogP contribution in [0, 0.1) is 12.7 Å². The van der Waals surface area contributed by atoms with E-state index in [0.29, 0.717) is 6.54 Å². The van der Waals surface area contributed by atoms with Gasteiger partial charge in [0.2, 0.25) is 5.91 Å². The van der Waals surface area contributed by atoms with Crippen molar-refractivity contribution < 1.29 is 23.9 Å². The van der Waals surface area contributed by atoms with E-state index in [1.807, 2.05) is 75.4 Å². The van der Waals surface area contributed by atoms with E-state index in [9.17, 15) is 23.9 Å². The van der Waals surface area contributed by atoms with Crippen LogP contribution in [-0.4, -0.2) is 56.7 Å². The number of nitrogens with one attached hydrogen (secondary N) is 3. The minimum atomic E-state index is -1.66. The molecule has 1 heterocycles. The lowest BCUT2D eigenvalue weighted by Gasteiger charge is -2.33. The average Bonchev–Trinajstić information content (AvgIpc) is 3.28. The first-order valence-electron chi connectivity index (χ1n) is 13.5. The first kappa shape index (κ1) is 31.3. The third-order valence-corrected chi connectivity index (χ3v) is 8.88. The van der Waals surface area contributed by atoms with Gasteiger partial charge in [-0.15, -0.1) is 11.8 Å². The second-order valence-electron chi connectivity index (χ2n) is 10.7. The Morgan fingerprint density at radius 2 is 1.79 bits per heavy atom. The summed E-state index contributed by atoms with van der Waals surface area (Å²) in [7, 11) is 0. The zero-order chi connectivity index (χ0) is 30.4. The fourth-order valence-corrected chi connectivity index (χ4v) is 6.18. The molecule has 222 valence electrons. The lowest BCUT2D eigenvalue weighted by atomic mass is 9.97. The molecule has 1 aliphatic rings. The van der Waals surface area contributed by atoms with Crippen molar-refractivity contribution in [2.45, 2.75) is 56.7 Å². The Balaban J connectivity index is 1.51. The first-order valence-corrected chi connectivity index (χ1v) is 14.8. The normalized spacial score (nSPS) is 17.3. The molecule has 0 saturated carbocycles. The monoisotopic (exact) mass is 612 g/mol. The van der Waals surface area contributed by atoms with Crippen LogP contribution in [0.5, 0.6) is 0 Å². The molecule has 42 heavy (non-hydrogen) atoms. The van der Waals surface area contributed by atoms with Crippen LogP contribution >= 0.6 is 23.4 Å². The molecule has 0 unspecified atom stereocenters. The van der Waals surface area contributed by atoms with E-state index >= 15 is 0 Å². The number of aliphatic hydroxyl groups excluding tert-OH is 1. The van der Waals surface area contributed by atoms with Gasteiger partial charge in [0.15, 0.2) is 6.10 Å². The van der Waals surface area contributed by atoms with Crippen molar-refractivity contribution in [3.8, 4) is 0 Å². The molecule has 0 bridgehead atoms. The highest BCUT2D eigenvalue weighted by Gasteiger charge is 2.49. The molecular weight excluding hydrogens is 579 g/mol. The number of hydrogen-bond acceptors (Lipinski definition) is 5. The van der Waals surface area contributed by atoms with Gasteiger partial charge in [-0.25, -0.2) is 9.18 Å². The summed E-state index contributed by atoms with van der Waals surface area (Å²) in [4.78, 5) is 41.5. The maximum Gasteiger partial charge on any atom is 0.319 e. The van der Waals surface area contributed by atoms with Crippen LogP contribution in [-0.2, 0) is 22.6 Å². The maximum absolute atomic E-state index is 13.8. The molecule has 8 nitrogen and oxygen atoms in total. The van der Waals surface area contributed by atoms with E-state index in [2.05, 4.69) is 16.0 Å². The van der Waals surface area contributed by atoms with Crippen LogP contribution in [0.3, 0.4) is 0 Å². The Morgan fingerprint density at radius 1 is 1.10 bits per heavy atom. The number of aryl methyl sites for hydroxylation is 1. The van der Waals surface area contributed by atoms with Crippen molar-refractivity contribution in [3.63, 3.8) is 0 Å². The van der Waals surface area contributed by atoms with Crippen LogP contribution < -0.4 is 16.0 Å². The number of hydrogen-bond donors (Lipinski definition) is 4. The van der Waals surface area contributed by atoms with E-state index in [4.69, 9.17) is 11.6 Å². The Hall–Kier alpha value is -3.60. The van der Waals surface area contributed by atoms with E-state index in [-0.39, 0.29) is 28.9 Å². The molecule has 0 radical (unpaired) electrons. The van der Waals surface area contributed by atoms with Crippen molar-refractivity contribution in [2.75, 3.05) is 11.2 Å². The van der Waals surface area contributed by atoms with E-state index in [1.165, 1.54) is 28.8 Å². The third kappa shape index (κ3) is 7.61. The van der Waals surface area contributed by atoms with Gasteiger partial charge in [0.1, 0.15) is 11.9 Å². The second kappa shape index (κ2) is 13.6. The third-order valence-electron chi connectivity index (χ3n) is 7.22. The van der Waals surface area contributed by atoms with Crippen molar-refractivity contribution in [1.82, 2.24) is 15.5 Å². The standard InChI is InChI=1S/C31H34ClFN4O4S/c1-19-9-7-8-12-21(19)17-34-28(39)27-31(2,3)42-18-37(27)29(40)26(38)25(15-20-10-5-4-6-11-20)36-30(41)35-22-13-14-24(33)23(32)16-22/h4-14,16,25-27,38H,15,17-18H2,1-3H3,(H,34,39)(H2,35,36,41)/t25-,26-,27+/m0/s1. The molecule has 0 aliphatic carbocycles. The highest BCUT2D eigenvalue weighted by atomic mass is 35.5. The number of nitrogens with zero attached hydrogens (tertiary/aromatic N) is 1. The Kier molecular flexibility index (Phi) is 10.1. The predicted octanol–water partition coefficient (Wildman–Crippen LogP) is 4.88. The van der Waals surface area contributed by atoms with Crippen LogP contribution in [0.25, 0.3) is 0 Å². The van der Waals surface area contributed by atoms with Gasteiger partial charge in [0, 0.05) is 17.0 Å². The number of halogens is 2. The number of carbonyl (C=O) groups is 3. The maximum atomic E-state index is 13.8. The van der Waals surface area contributed by atoms with Gasteiger partial charge in [-0.2, -0.15) is 0 Å². The smallest absolute Gasteiger partial charge is 0.319 e. The van der Waals surface area contributed by atoms with Crippen molar-refractivity contribution >= 4 is 46.9 Å². The Bertz CT molecular complexity index is 1440. The molecule has 0 aromatic heterocycles. The topological polar surface area (TPSA) is 111 Å². The number of thioether (sulfide) groups is 1. The van der Waals surface area contributed by atoms with E-state index in [0.717, 1.165) is 22.8 Å². The Labute approximate surface area is 254 Å². The molecular formula is C31H34ClFN4O4S. The molecule has 1 aliphatic heterocycles. The molecule has 3 aromatic carbocycles. The summed E-state index contributed by atoms with van der Waals surface area (Å²) in [6.07, 6.45) is -1.52. The summed E-state index contributed by atoms with van der Waals surface area (Å²) in [6.45, 7) is 6.04. The molecule has 3 aromatic rings. The summed E-state index contributed by atoms with van der Waals surface area (Å²) in [5.74, 6) is -1.43. The minimum Gasteiger partial charge on any atom is -0.381 e. The van der Waals surface area contributed by atoms with Gasteiger partial charge >= 0.3 is 6.03 Å². The minimum absolute atomic E-state index is 0.139. The number of rotatable bonds is 9. The number of urea groups is 1. The van der Waals surface area contributed by atoms with Crippen LogP contribution in [0.2, 0.25) is 5.02 Å². The fraction of sp³-hybridized carbons (Fsp3) is 0.323. The lowest BCUT2D eigenvalue weighted by Crippen LogP contribution is -2.59. The van der Waals surface area contributed by atoms with Gasteiger partial charge in [-0.3, -0.25) is 9.59 Å². The molecule has 1 saturated heterocycles. The van der Waals surface area contributed by atoms with Crippen molar-refractivity contribution in [2.24, 2.45) is 0 Å². The average molecular weight is 613 g/mol. The highest BCUT2D eigenvalue weighted by molar-refractivity contribution is 8.00. The summed E-state index contributed by atoms with van der Waals surface area (Å²) in [5, 5.41) is 19.4. The fourth-order valence-electron chi connectivity index (χ4n) is 4.86. The van der Waals surface area contributed by atoms with Crippen LogP contribution in [0.1, 0.15) is 30.5 Å². The van der Waals surface area contributed by atoms with Gasteiger partial charge in [0.25, 0.3) is 5.91 Å². The molecule has 0 spiro atoms. The molecule has 3 atom stereocenters. The lowest BCUT2D eigenvalue weighted by molar-refractivity contribution is -0.147. The highest BCUT2D eigenvalue weighted by Crippen LogP contribution is 2.40. The number of carbonyl (C=O) groups excluding carboxylic acids is 3. The van der Waals surface area contributed by atoms with E-state index < -0.39 is 40.7 Å². The predicted molar refractivity (Wildman–Crippen MR) is 164 cm³/mol. The number of anilines is 1. The largest absolute Gasteiger partial charge is 0.381 e. The Morgan fingerprint density at radius 3 is 2.48 bits per heavy atom. The summed E-state index contributed by atoms with van der Waals surface area (Å²) in [5.41, 5.74) is 3.02. The zero-order valence-electron chi connectivity index (χ0n) is 23.6. The number of amides is 4. The van der Waals surface area contributed by atoms with E-state index in [1.54, 1.807) is 0 Å². The quantitative estimate of drug-likeness (QED) is 0.275. The van der Waals surface area contributed by atoms with Crippen molar-refractivity contribution in [1.29, 1.82) is 0 Å². The van der Waals surface area contributed by atoms with Crippen LogP contribution in [0.15, 0.2) is 72.8 Å². The number of aliphatic hydroxyl groups is 1. The number of benzene rings is 3. The zero-order valence-corrected chi connectivity index (χ0v) is 25.1. The first-order chi connectivity index (χ1) is 20.0. The van der Waals surface area contributed by atoms with Crippen molar-refractivity contribution in [3.05, 3.63) is 100 Å². The molecule has 4 N–H and O–H groups in total. The summed E-state index contributed by atoms with van der Waals surface area (Å²) in [6, 6.07) is 17.9. The molecule has 11 heteroatoms. The molecule has 4 amide bonds. The summed E-state index contributed by atoms with van der Waals surface area (Å²) >= 11 is 7.27. The van der Waals surface area contributed by atoms with Crippen LogP contribution in [0.4, 0.5) is 14.9 Å². The SMILES string of the molecule is Cc1ccccc1CNC(=O)[C@H]1N(C(=O)[C@@H](O)[C@H](Cc2ccccc2)NC(=O)Nc2ccc(F)c(Cl)c2)CSC1(C)C. The second-order valence-corrected chi connectivity index (χ2v) is 12.7. The molecule has 4 rings (SSSR count). The van der Waals surface area contributed by atoms with Gasteiger partial charge < -0.3 is 26.0 Å². The van der Waals surface area contributed by atoms with Gasteiger partial charge in [-0.1, -0.05) is 66.2 Å². The molecule has 1 fully saturated rings. The summed E-state index contributed by atoms with van der Waals surface area (Å²) < 4.78 is 12.9. The van der Waals surface area contributed by atoms with Gasteiger partial charge in [0.05, 0.1) is 16.9 Å². The van der Waals surface area contributed by atoms with Gasteiger partial charge in [-0.05, 0) is 62.1 Å².